The number of hydrogen-bond donors (Lipinski definition) is 1. The average molecular weight is 289 g/mol. The first-order valence-corrected chi connectivity index (χ1v) is 6.70. The number of benzene rings is 1. The van der Waals surface area contributed by atoms with Gasteiger partial charge in [0.1, 0.15) is 0 Å². The van der Waals surface area contributed by atoms with Gasteiger partial charge in [-0.3, -0.25) is 0 Å². The molecule has 6 heteroatoms. The van der Waals surface area contributed by atoms with Gasteiger partial charge < -0.3 is 14.8 Å². The fourth-order valence-electron chi connectivity index (χ4n) is 2.21. The molecule has 1 fully saturated rings. The quantitative estimate of drug-likeness (QED) is 0.782. The second-order valence-electron chi connectivity index (χ2n) is 4.74. The van der Waals surface area contributed by atoms with E-state index in [9.17, 15) is 13.2 Å². The van der Waals surface area contributed by atoms with Crippen molar-refractivity contribution in [2.75, 3.05) is 13.2 Å². The van der Waals surface area contributed by atoms with Crippen molar-refractivity contribution in [3.8, 4) is 5.75 Å². The molecule has 112 valence electrons. The molecule has 0 aromatic heterocycles. The van der Waals surface area contributed by atoms with Crippen molar-refractivity contribution in [2.24, 2.45) is 0 Å². The number of alkyl halides is 2. The van der Waals surface area contributed by atoms with Gasteiger partial charge in [-0.2, -0.15) is 8.78 Å². The zero-order chi connectivity index (χ0) is 14.4. The van der Waals surface area contributed by atoms with Gasteiger partial charge in [0.25, 0.3) is 0 Å². The first-order chi connectivity index (χ1) is 9.65. The third-order valence-corrected chi connectivity index (χ3v) is 3.21. The summed E-state index contributed by atoms with van der Waals surface area (Å²) in [5.74, 6) is -1.20. The lowest BCUT2D eigenvalue weighted by molar-refractivity contribution is -0.0522. The normalized spacial score (nSPS) is 18.7. The van der Waals surface area contributed by atoms with Gasteiger partial charge in [-0.05, 0) is 43.5 Å². The van der Waals surface area contributed by atoms with Crippen LogP contribution in [-0.4, -0.2) is 25.9 Å². The fourth-order valence-corrected chi connectivity index (χ4v) is 2.21. The van der Waals surface area contributed by atoms with Gasteiger partial charge in [0.05, 0.1) is 6.10 Å². The van der Waals surface area contributed by atoms with Crippen LogP contribution < -0.4 is 10.1 Å². The van der Waals surface area contributed by atoms with Crippen LogP contribution in [0.5, 0.6) is 5.75 Å². The smallest absolute Gasteiger partial charge is 0.387 e. The number of nitrogens with one attached hydrogen (secondary N) is 1. The van der Waals surface area contributed by atoms with Crippen LogP contribution in [-0.2, 0) is 11.3 Å². The molecule has 1 aromatic rings. The summed E-state index contributed by atoms with van der Waals surface area (Å²) in [4.78, 5) is 0. The fraction of sp³-hybridized carbons (Fsp3) is 0.571. The molecule has 1 aliphatic heterocycles. The predicted octanol–water partition coefficient (Wildman–Crippen LogP) is 3.09. The Bertz CT molecular complexity index is 423. The molecule has 0 amide bonds. The van der Waals surface area contributed by atoms with Gasteiger partial charge in [0.2, 0.25) is 0 Å². The lowest BCUT2D eigenvalue weighted by Gasteiger charge is -2.11. The summed E-state index contributed by atoms with van der Waals surface area (Å²) in [5.41, 5.74) is 0.691. The molecule has 1 aliphatic rings. The van der Waals surface area contributed by atoms with Crippen molar-refractivity contribution in [2.45, 2.75) is 38.5 Å². The van der Waals surface area contributed by atoms with Gasteiger partial charge >= 0.3 is 6.61 Å². The summed E-state index contributed by atoms with van der Waals surface area (Å²) in [6.07, 6.45) is 3.45. The van der Waals surface area contributed by atoms with Crippen LogP contribution in [0.25, 0.3) is 0 Å². The summed E-state index contributed by atoms with van der Waals surface area (Å²) in [6, 6.07) is 4.00. The van der Waals surface area contributed by atoms with Crippen LogP contribution in [0.4, 0.5) is 13.2 Å². The maximum Gasteiger partial charge on any atom is 0.387 e. The lowest BCUT2D eigenvalue weighted by atomic mass is 10.1. The van der Waals surface area contributed by atoms with Gasteiger partial charge in [0, 0.05) is 13.2 Å². The Morgan fingerprint density at radius 2 is 2.25 bits per heavy atom. The molecule has 0 spiro atoms. The van der Waals surface area contributed by atoms with E-state index in [4.69, 9.17) is 4.74 Å². The first kappa shape index (κ1) is 15.1. The molecule has 0 bridgehead atoms. The first-order valence-electron chi connectivity index (χ1n) is 6.70. The number of halogens is 3. The number of hydrogen-bond acceptors (Lipinski definition) is 3. The third-order valence-electron chi connectivity index (χ3n) is 3.21. The highest BCUT2D eigenvalue weighted by molar-refractivity contribution is 5.29. The van der Waals surface area contributed by atoms with E-state index < -0.39 is 18.2 Å². The largest absolute Gasteiger partial charge is 0.432 e. The van der Waals surface area contributed by atoms with Crippen molar-refractivity contribution < 1.29 is 22.6 Å². The van der Waals surface area contributed by atoms with Crippen molar-refractivity contribution in [1.29, 1.82) is 0 Å². The average Bonchev–Trinajstić information content (AvgIpc) is 2.90. The van der Waals surface area contributed by atoms with Crippen LogP contribution in [0.3, 0.4) is 0 Å². The molecule has 0 saturated carbocycles. The maximum atomic E-state index is 13.5. The lowest BCUT2D eigenvalue weighted by Crippen LogP contribution is -2.20. The van der Waals surface area contributed by atoms with E-state index >= 15 is 0 Å². The Kier molecular flexibility index (Phi) is 5.67. The molecular weight excluding hydrogens is 271 g/mol. The van der Waals surface area contributed by atoms with E-state index in [1.807, 2.05) is 0 Å². The second kappa shape index (κ2) is 7.50. The van der Waals surface area contributed by atoms with Crippen LogP contribution in [0, 0.1) is 5.82 Å². The van der Waals surface area contributed by atoms with Crippen LogP contribution in [0.1, 0.15) is 24.8 Å². The van der Waals surface area contributed by atoms with E-state index in [0.29, 0.717) is 18.2 Å². The summed E-state index contributed by atoms with van der Waals surface area (Å²) in [6.45, 7) is -0.915. The SMILES string of the molecule is Fc1cc(CNCCC2CCCO2)ccc1OC(F)F. The number of ether oxygens (including phenoxy) is 2. The molecular formula is C14H18F3NO2. The molecule has 2 rings (SSSR count). The van der Waals surface area contributed by atoms with Crippen molar-refractivity contribution >= 4 is 0 Å². The molecule has 1 unspecified atom stereocenters. The third kappa shape index (κ3) is 4.68. The van der Waals surface area contributed by atoms with Gasteiger partial charge in [-0.25, -0.2) is 4.39 Å². The Morgan fingerprint density at radius 1 is 1.40 bits per heavy atom. The maximum absolute atomic E-state index is 13.5. The van der Waals surface area contributed by atoms with Crippen molar-refractivity contribution in [3.63, 3.8) is 0 Å². The van der Waals surface area contributed by atoms with Crippen LogP contribution >= 0.6 is 0 Å². The molecule has 20 heavy (non-hydrogen) atoms. The van der Waals surface area contributed by atoms with E-state index in [2.05, 4.69) is 10.1 Å². The predicted molar refractivity (Wildman–Crippen MR) is 68.3 cm³/mol. The molecule has 0 aliphatic carbocycles. The highest BCUT2D eigenvalue weighted by atomic mass is 19.3. The standard InChI is InChI=1S/C14H18F3NO2/c15-12-8-10(3-4-13(12)20-14(16)17)9-18-6-5-11-2-1-7-19-11/h3-4,8,11,14,18H,1-2,5-7,9H2. The molecule has 3 nitrogen and oxygen atoms in total. The summed E-state index contributed by atoms with van der Waals surface area (Å²) < 4.78 is 47.0. The van der Waals surface area contributed by atoms with E-state index in [0.717, 1.165) is 32.4 Å². The molecule has 1 aromatic carbocycles. The molecule has 1 heterocycles. The minimum atomic E-state index is -3.01. The second-order valence-corrected chi connectivity index (χ2v) is 4.74. The Labute approximate surface area is 116 Å². The molecule has 1 atom stereocenters. The number of rotatable bonds is 7. The molecule has 1 saturated heterocycles. The zero-order valence-electron chi connectivity index (χ0n) is 11.1. The summed E-state index contributed by atoms with van der Waals surface area (Å²) >= 11 is 0. The van der Waals surface area contributed by atoms with Crippen molar-refractivity contribution in [1.82, 2.24) is 5.32 Å². The molecule has 0 radical (unpaired) electrons. The highest BCUT2D eigenvalue weighted by Crippen LogP contribution is 2.20. The highest BCUT2D eigenvalue weighted by Gasteiger charge is 2.14. The Morgan fingerprint density at radius 3 is 2.90 bits per heavy atom. The molecule has 1 N–H and O–H groups in total. The minimum absolute atomic E-state index is 0.320. The van der Waals surface area contributed by atoms with Crippen molar-refractivity contribution in [3.05, 3.63) is 29.6 Å². The summed E-state index contributed by atoms with van der Waals surface area (Å²) in [7, 11) is 0. The summed E-state index contributed by atoms with van der Waals surface area (Å²) in [5, 5.41) is 3.18. The topological polar surface area (TPSA) is 30.5 Å². The van der Waals surface area contributed by atoms with E-state index in [1.165, 1.54) is 12.1 Å². The van der Waals surface area contributed by atoms with Gasteiger partial charge in [-0.1, -0.05) is 6.07 Å². The van der Waals surface area contributed by atoms with E-state index in [-0.39, 0.29) is 0 Å². The van der Waals surface area contributed by atoms with E-state index in [1.54, 1.807) is 6.07 Å². The minimum Gasteiger partial charge on any atom is -0.432 e. The monoisotopic (exact) mass is 289 g/mol. The Balaban J connectivity index is 1.73. The van der Waals surface area contributed by atoms with Gasteiger partial charge in [0.15, 0.2) is 11.6 Å². The van der Waals surface area contributed by atoms with Crippen LogP contribution in [0.2, 0.25) is 0 Å². The zero-order valence-corrected chi connectivity index (χ0v) is 11.1. The van der Waals surface area contributed by atoms with Crippen LogP contribution in [0.15, 0.2) is 18.2 Å². The van der Waals surface area contributed by atoms with Gasteiger partial charge in [-0.15, -0.1) is 0 Å². The Hall–Kier alpha value is -1.27.